The van der Waals surface area contributed by atoms with E-state index in [1.54, 1.807) is 22.7 Å². The number of amides is 1. The number of benzene rings is 1. The van der Waals surface area contributed by atoms with Gasteiger partial charge in [0.2, 0.25) is 0 Å². The van der Waals surface area contributed by atoms with E-state index >= 15 is 0 Å². The number of rotatable bonds is 5. The summed E-state index contributed by atoms with van der Waals surface area (Å²) in [6.07, 6.45) is 1.25. The highest BCUT2D eigenvalue weighted by Gasteiger charge is 2.26. The number of carbonyl (C=O) groups excluding carboxylic acids is 1. The molecule has 0 unspecified atom stereocenters. The van der Waals surface area contributed by atoms with Crippen LogP contribution in [0.15, 0.2) is 47.2 Å². The number of thiophene rings is 2. The van der Waals surface area contributed by atoms with E-state index in [0.717, 1.165) is 28.1 Å². The minimum Gasteiger partial charge on any atom is -0.349 e. The predicted molar refractivity (Wildman–Crippen MR) is 97.4 cm³/mol. The molecule has 3 heterocycles. The van der Waals surface area contributed by atoms with Gasteiger partial charge in [-0.25, -0.2) is 0 Å². The van der Waals surface area contributed by atoms with E-state index in [4.69, 9.17) is 0 Å². The fourth-order valence-electron chi connectivity index (χ4n) is 2.94. The van der Waals surface area contributed by atoms with Crippen LogP contribution in [-0.2, 0) is 0 Å². The minimum atomic E-state index is 0.0342. The second kappa shape index (κ2) is 6.43. The zero-order chi connectivity index (χ0) is 15.6. The van der Waals surface area contributed by atoms with E-state index in [1.165, 1.54) is 12.0 Å². The van der Waals surface area contributed by atoms with Crippen LogP contribution in [-0.4, -0.2) is 30.4 Å². The number of carbonyl (C=O) groups is 1. The van der Waals surface area contributed by atoms with E-state index < -0.39 is 0 Å². The second-order valence-electron chi connectivity index (χ2n) is 5.82. The molecule has 118 valence electrons. The molecule has 3 aromatic rings. The summed E-state index contributed by atoms with van der Waals surface area (Å²) in [5.74, 6) is 0.0342. The van der Waals surface area contributed by atoms with E-state index in [9.17, 15) is 4.79 Å². The average Bonchev–Trinajstić information content (AvgIpc) is 3.17. The molecule has 5 heteroatoms. The molecule has 1 fully saturated rings. The van der Waals surface area contributed by atoms with Gasteiger partial charge in [0.1, 0.15) is 0 Å². The maximum Gasteiger partial charge on any atom is 0.261 e. The Labute approximate surface area is 143 Å². The maximum absolute atomic E-state index is 12.5. The molecule has 0 spiro atoms. The first-order valence-electron chi connectivity index (χ1n) is 7.84. The van der Waals surface area contributed by atoms with Gasteiger partial charge in [0.25, 0.3) is 5.91 Å². The summed E-state index contributed by atoms with van der Waals surface area (Å²) in [6, 6.07) is 12.6. The zero-order valence-corrected chi connectivity index (χ0v) is 14.3. The number of hydrogen-bond donors (Lipinski definition) is 1. The molecule has 1 aliphatic rings. The van der Waals surface area contributed by atoms with Crippen LogP contribution in [0.3, 0.4) is 0 Å². The van der Waals surface area contributed by atoms with E-state index in [0.29, 0.717) is 12.6 Å². The molecule has 1 N–H and O–H groups in total. The van der Waals surface area contributed by atoms with Crippen molar-refractivity contribution in [1.82, 2.24) is 10.2 Å². The Kier molecular flexibility index (Phi) is 4.16. The maximum atomic E-state index is 12.5. The quantitative estimate of drug-likeness (QED) is 0.756. The summed E-state index contributed by atoms with van der Waals surface area (Å²) in [5, 5.41) is 8.57. The molecule has 1 saturated heterocycles. The van der Waals surface area contributed by atoms with Crippen LogP contribution in [0, 0.1) is 0 Å². The van der Waals surface area contributed by atoms with Crippen LogP contribution in [0.2, 0.25) is 0 Å². The molecule has 0 bridgehead atoms. The van der Waals surface area contributed by atoms with Gasteiger partial charge in [0.15, 0.2) is 0 Å². The molecule has 0 radical (unpaired) electrons. The number of nitrogens with one attached hydrogen (secondary N) is 1. The molecule has 2 aromatic heterocycles. The molecule has 1 aliphatic heterocycles. The summed E-state index contributed by atoms with van der Waals surface area (Å²) in [6.45, 7) is 2.92. The lowest BCUT2D eigenvalue weighted by Crippen LogP contribution is -2.44. The molecule has 1 amide bonds. The molecule has 3 nitrogen and oxygen atoms in total. The summed E-state index contributed by atoms with van der Waals surface area (Å²) < 4.78 is 1.16. The zero-order valence-electron chi connectivity index (χ0n) is 12.7. The van der Waals surface area contributed by atoms with Gasteiger partial charge in [-0.15, -0.1) is 11.3 Å². The Bertz CT molecular complexity index is 772. The van der Waals surface area contributed by atoms with Gasteiger partial charge in [-0.2, -0.15) is 11.3 Å². The summed E-state index contributed by atoms with van der Waals surface area (Å²) in [4.78, 5) is 15.7. The van der Waals surface area contributed by atoms with Crippen LogP contribution in [0.1, 0.15) is 27.7 Å². The lowest BCUT2D eigenvalue weighted by Gasteiger charge is -2.38. The van der Waals surface area contributed by atoms with Crippen molar-refractivity contribution in [3.05, 3.63) is 57.6 Å². The number of nitrogens with zero attached hydrogens (tertiary/aromatic N) is 1. The molecule has 4 rings (SSSR count). The normalized spacial score (nSPS) is 16.2. The third-order valence-corrected chi connectivity index (χ3v) is 6.18. The van der Waals surface area contributed by atoms with Crippen molar-refractivity contribution in [3.63, 3.8) is 0 Å². The molecule has 1 aromatic carbocycles. The first kappa shape index (κ1) is 14.9. The standard InChI is InChI=1S/C18H18N2OS2/c21-18(17-10-13-4-1-2-5-16(13)23-17)19-11-15(20-7-3-8-20)14-6-9-22-12-14/h1-2,4-6,9-10,12,15H,3,7-8,11H2,(H,19,21)/t15-/m1/s1. The van der Waals surface area contributed by atoms with Crippen molar-refractivity contribution in [2.75, 3.05) is 19.6 Å². The van der Waals surface area contributed by atoms with Crippen LogP contribution in [0.25, 0.3) is 10.1 Å². The van der Waals surface area contributed by atoms with Gasteiger partial charge in [-0.1, -0.05) is 18.2 Å². The molecule has 0 saturated carbocycles. The fraction of sp³-hybridized carbons (Fsp3) is 0.278. The van der Waals surface area contributed by atoms with Gasteiger partial charge in [0, 0.05) is 24.3 Å². The lowest BCUT2D eigenvalue weighted by molar-refractivity contribution is 0.0889. The molecule has 0 aliphatic carbocycles. The third kappa shape index (κ3) is 3.04. The molecular formula is C18H18N2OS2. The third-order valence-electron chi connectivity index (χ3n) is 4.36. The highest BCUT2D eigenvalue weighted by molar-refractivity contribution is 7.20. The Morgan fingerprint density at radius 3 is 2.83 bits per heavy atom. The topological polar surface area (TPSA) is 32.3 Å². The predicted octanol–water partition coefficient (Wildman–Crippen LogP) is 4.14. The van der Waals surface area contributed by atoms with Crippen molar-refractivity contribution in [3.8, 4) is 0 Å². The first-order chi connectivity index (χ1) is 11.3. The van der Waals surface area contributed by atoms with E-state index in [1.807, 2.05) is 18.2 Å². The summed E-state index contributed by atoms with van der Waals surface area (Å²) in [7, 11) is 0. The first-order valence-corrected chi connectivity index (χ1v) is 9.60. The minimum absolute atomic E-state index is 0.0342. The number of hydrogen-bond acceptors (Lipinski definition) is 4. The van der Waals surface area contributed by atoms with Gasteiger partial charge < -0.3 is 5.32 Å². The monoisotopic (exact) mass is 342 g/mol. The Morgan fingerprint density at radius 1 is 1.26 bits per heavy atom. The van der Waals surface area contributed by atoms with Gasteiger partial charge >= 0.3 is 0 Å². The number of likely N-dealkylation sites (tertiary alicyclic amines) is 1. The van der Waals surface area contributed by atoms with Crippen molar-refractivity contribution >= 4 is 38.7 Å². The van der Waals surface area contributed by atoms with Crippen molar-refractivity contribution in [2.24, 2.45) is 0 Å². The number of fused-ring (bicyclic) bond motifs is 1. The van der Waals surface area contributed by atoms with Crippen LogP contribution in [0.5, 0.6) is 0 Å². The largest absolute Gasteiger partial charge is 0.349 e. The summed E-state index contributed by atoms with van der Waals surface area (Å²) >= 11 is 3.28. The highest BCUT2D eigenvalue weighted by atomic mass is 32.1. The van der Waals surface area contributed by atoms with Crippen LogP contribution < -0.4 is 5.32 Å². The fourth-order valence-corrected chi connectivity index (χ4v) is 4.63. The smallest absolute Gasteiger partial charge is 0.261 e. The lowest BCUT2D eigenvalue weighted by atomic mass is 10.0. The molecular weight excluding hydrogens is 324 g/mol. The van der Waals surface area contributed by atoms with Crippen molar-refractivity contribution < 1.29 is 4.79 Å². The van der Waals surface area contributed by atoms with E-state index in [2.05, 4.69) is 39.2 Å². The second-order valence-corrected chi connectivity index (χ2v) is 7.68. The Balaban J connectivity index is 1.47. The molecule has 1 atom stereocenters. The summed E-state index contributed by atoms with van der Waals surface area (Å²) in [5.41, 5.74) is 1.31. The van der Waals surface area contributed by atoms with Crippen LogP contribution >= 0.6 is 22.7 Å². The molecule has 23 heavy (non-hydrogen) atoms. The van der Waals surface area contributed by atoms with Gasteiger partial charge in [0.05, 0.1) is 10.9 Å². The average molecular weight is 342 g/mol. The highest BCUT2D eigenvalue weighted by Crippen LogP contribution is 2.28. The van der Waals surface area contributed by atoms with E-state index in [-0.39, 0.29) is 5.91 Å². The van der Waals surface area contributed by atoms with Crippen molar-refractivity contribution in [1.29, 1.82) is 0 Å². The SMILES string of the molecule is O=C(NC[C@H](c1ccsc1)N1CCC1)c1cc2ccccc2s1. The van der Waals surface area contributed by atoms with Gasteiger partial charge in [-0.3, -0.25) is 9.69 Å². The van der Waals surface area contributed by atoms with Crippen molar-refractivity contribution in [2.45, 2.75) is 12.5 Å². The Hall–Kier alpha value is -1.69. The van der Waals surface area contributed by atoms with Gasteiger partial charge in [-0.05, 0) is 46.3 Å². The Morgan fingerprint density at radius 2 is 2.13 bits per heavy atom. The van der Waals surface area contributed by atoms with Crippen LogP contribution in [0.4, 0.5) is 0 Å².